The van der Waals surface area contributed by atoms with Crippen molar-refractivity contribution >= 4 is 61.4 Å². The van der Waals surface area contributed by atoms with Crippen LogP contribution in [0.4, 0.5) is 10.9 Å². The van der Waals surface area contributed by atoms with E-state index in [1.54, 1.807) is 0 Å². The Bertz CT molecular complexity index is 2230. The van der Waals surface area contributed by atoms with Gasteiger partial charge in [-0.25, -0.2) is 14.8 Å². The third-order valence-corrected chi connectivity index (χ3v) is 12.8. The number of aliphatic carboxylic acids is 1. The number of carbonyl (C=O) groups excluding carboxylic acids is 2. The van der Waals surface area contributed by atoms with E-state index >= 15 is 0 Å². The number of pyridine rings is 1. The zero-order valence-electron chi connectivity index (χ0n) is 33.2. The number of amides is 1. The van der Waals surface area contributed by atoms with Crippen LogP contribution in [0, 0.1) is 16.2 Å². The van der Waals surface area contributed by atoms with Gasteiger partial charge in [-0.1, -0.05) is 56.4 Å². The number of Topliss-reactive ketones (excluding diaryl/α,β-unsaturated/α-hetero) is 1. The van der Waals surface area contributed by atoms with Gasteiger partial charge in [0.2, 0.25) is 0 Å². The molecule has 0 spiro atoms. The van der Waals surface area contributed by atoms with Crippen LogP contribution in [-0.2, 0) is 22.5 Å². The molecular formula is C44H52N6O5S. The molecule has 12 heteroatoms. The van der Waals surface area contributed by atoms with E-state index in [0.717, 1.165) is 65.6 Å². The minimum absolute atomic E-state index is 0.0132. The molecule has 4 N–H and O–H groups in total. The molecule has 3 heterocycles. The van der Waals surface area contributed by atoms with Crippen molar-refractivity contribution in [3.05, 3.63) is 88.7 Å². The molecular weight excluding hydrogens is 725 g/mol. The van der Waals surface area contributed by atoms with Gasteiger partial charge in [0, 0.05) is 55.2 Å². The topological polar surface area (TPSA) is 160 Å². The van der Waals surface area contributed by atoms with Gasteiger partial charge in [0.25, 0.3) is 5.91 Å². The zero-order chi connectivity index (χ0) is 40.0. The number of hydrogen-bond donors (Lipinski definition) is 3. The molecule has 2 aliphatic carbocycles. The zero-order valence-corrected chi connectivity index (χ0v) is 34.0. The number of benzene rings is 2. The summed E-state index contributed by atoms with van der Waals surface area (Å²) in [6.45, 7) is 13.9. The van der Waals surface area contributed by atoms with Crippen LogP contribution in [0.1, 0.15) is 111 Å². The number of hydrogen-bond acceptors (Lipinski definition) is 10. The second-order valence-electron chi connectivity index (χ2n) is 17.6. The molecule has 56 heavy (non-hydrogen) atoms. The van der Waals surface area contributed by atoms with Crippen LogP contribution >= 0.6 is 11.3 Å². The van der Waals surface area contributed by atoms with Gasteiger partial charge in [-0.3, -0.25) is 19.9 Å². The summed E-state index contributed by atoms with van der Waals surface area (Å²) >= 11 is 1.44. The number of carboxylic acids is 1. The van der Waals surface area contributed by atoms with Crippen molar-refractivity contribution in [2.75, 3.05) is 29.9 Å². The second-order valence-corrected chi connectivity index (χ2v) is 18.6. The van der Waals surface area contributed by atoms with E-state index < -0.39 is 11.6 Å². The summed E-state index contributed by atoms with van der Waals surface area (Å²) in [6, 6.07) is 17.5. The maximum atomic E-state index is 13.6. The first-order valence-electron chi connectivity index (χ1n) is 19.3. The summed E-state index contributed by atoms with van der Waals surface area (Å²) in [5.74, 6) is -0.676. The van der Waals surface area contributed by atoms with E-state index in [2.05, 4.69) is 49.0 Å². The Kier molecular flexibility index (Phi) is 10.4. The normalized spacial score (nSPS) is 26.5. The number of anilines is 2. The monoisotopic (exact) mass is 776 g/mol. The maximum absolute atomic E-state index is 13.6. The number of nitrogens with zero attached hydrogens (tertiary/aromatic N) is 4. The number of ketones is 1. The molecule has 294 valence electrons. The summed E-state index contributed by atoms with van der Waals surface area (Å²) in [6.07, 6.45) is 6.80. The molecule has 2 atom stereocenters. The molecule has 2 unspecified atom stereocenters. The van der Waals surface area contributed by atoms with Crippen LogP contribution in [0.5, 0.6) is 0 Å². The fraction of sp³-hybridized carbons (Fsp3) is 0.455. The number of para-hydroxylation sites is 1. The second kappa shape index (κ2) is 14.9. The average Bonchev–Trinajstić information content (AvgIpc) is 3.54. The van der Waals surface area contributed by atoms with Gasteiger partial charge in [0.1, 0.15) is 18.1 Å². The Balaban J connectivity index is 1.08. The Morgan fingerprint density at radius 3 is 2.36 bits per heavy atom. The minimum atomic E-state index is -0.942. The molecule has 11 nitrogen and oxygen atoms in total. The highest BCUT2D eigenvalue weighted by Gasteiger charge is 2.57. The van der Waals surface area contributed by atoms with Crippen molar-refractivity contribution in [3.63, 3.8) is 0 Å². The van der Waals surface area contributed by atoms with Crippen molar-refractivity contribution in [2.24, 2.45) is 27.0 Å². The summed E-state index contributed by atoms with van der Waals surface area (Å²) in [7, 11) is 0. The van der Waals surface area contributed by atoms with Crippen molar-refractivity contribution < 1.29 is 24.2 Å². The minimum Gasteiger partial charge on any atom is -0.480 e. The molecule has 3 aliphatic rings. The highest BCUT2D eigenvalue weighted by atomic mass is 32.1. The lowest BCUT2D eigenvalue weighted by molar-refractivity contribution is -0.178. The van der Waals surface area contributed by atoms with E-state index in [9.17, 15) is 19.5 Å². The van der Waals surface area contributed by atoms with Gasteiger partial charge in [-0.2, -0.15) is 0 Å². The fourth-order valence-corrected chi connectivity index (χ4v) is 11.7. The number of rotatable bonds is 11. The lowest BCUT2D eigenvalue weighted by atomic mass is 9.47. The number of fused-ring (bicyclic) bond motifs is 4. The van der Waals surface area contributed by atoms with Gasteiger partial charge in [-0.15, -0.1) is 0 Å². The lowest BCUT2D eigenvalue weighted by Gasteiger charge is -2.60. The van der Waals surface area contributed by atoms with Crippen molar-refractivity contribution in [1.82, 2.24) is 9.97 Å². The Morgan fingerprint density at radius 2 is 1.68 bits per heavy atom. The maximum Gasteiger partial charge on any atom is 0.329 e. The summed E-state index contributed by atoms with van der Waals surface area (Å²) in [5.41, 5.74) is 11.5. The Morgan fingerprint density at radius 1 is 0.946 bits per heavy atom. The molecule has 2 aromatic carbocycles. The summed E-state index contributed by atoms with van der Waals surface area (Å²) < 4.78 is 7.00. The molecule has 2 aromatic heterocycles. The summed E-state index contributed by atoms with van der Waals surface area (Å²) in [4.78, 5) is 54.9. The summed E-state index contributed by atoms with van der Waals surface area (Å²) in [5, 5.41) is 12.8. The number of carboxylic acid groups (broad SMARTS) is 1. The fourth-order valence-electron chi connectivity index (χ4n) is 10.8. The van der Waals surface area contributed by atoms with E-state index in [-0.39, 0.29) is 34.5 Å². The third kappa shape index (κ3) is 8.13. The molecule has 1 aliphatic heterocycles. The Hall–Kier alpha value is -4.94. The smallest absolute Gasteiger partial charge is 0.329 e. The van der Waals surface area contributed by atoms with E-state index in [1.165, 1.54) is 24.5 Å². The standard InChI is InChI=1S/C44H52N6O5S/c1-27(46-26-43(5)22-41(3)21-42(4,23-43)25-44(6,24-41)55-20-37(52)53)32(18-45)30-14-15-36(48-38(30)28(2)51)50-17-16-29-10-9-11-31(33(29)19-50)39(54)49-40-47-34-12-7-8-13-35(34)56-40/h7-15,18H,16-17,19-26,45H2,1-6H3,(H,52,53)(H,47,49,54)/b32-18+,46-27?. The number of nitrogens with one attached hydrogen (secondary N) is 1. The molecule has 1 amide bonds. The van der Waals surface area contributed by atoms with Crippen LogP contribution in [0.15, 0.2) is 65.8 Å². The van der Waals surface area contributed by atoms with Gasteiger partial charge in [0.05, 0.1) is 15.8 Å². The van der Waals surface area contributed by atoms with E-state index in [4.69, 9.17) is 20.4 Å². The lowest BCUT2D eigenvalue weighted by Crippen LogP contribution is -2.55. The highest BCUT2D eigenvalue weighted by Crippen LogP contribution is 2.64. The first-order chi connectivity index (χ1) is 26.5. The molecule has 7 rings (SSSR count). The van der Waals surface area contributed by atoms with E-state index in [0.29, 0.717) is 53.0 Å². The van der Waals surface area contributed by atoms with Crippen molar-refractivity contribution in [1.29, 1.82) is 0 Å². The predicted molar refractivity (Wildman–Crippen MR) is 223 cm³/mol. The third-order valence-electron chi connectivity index (χ3n) is 11.8. The van der Waals surface area contributed by atoms with Gasteiger partial charge in [-0.05, 0) is 110 Å². The number of allylic oxidation sites excluding steroid dienone is 1. The molecule has 4 aromatic rings. The van der Waals surface area contributed by atoms with Crippen molar-refractivity contribution in [2.45, 2.75) is 92.2 Å². The molecule has 0 radical (unpaired) electrons. The van der Waals surface area contributed by atoms with Crippen molar-refractivity contribution in [3.8, 4) is 0 Å². The number of thiazole rings is 1. The van der Waals surface area contributed by atoms with E-state index in [1.807, 2.05) is 55.5 Å². The first-order valence-corrected chi connectivity index (χ1v) is 20.1. The molecule has 0 saturated heterocycles. The average molecular weight is 777 g/mol. The van der Waals surface area contributed by atoms with Crippen LogP contribution in [0.2, 0.25) is 0 Å². The number of aromatic nitrogens is 2. The van der Waals surface area contributed by atoms with Crippen LogP contribution in [-0.4, -0.2) is 63.7 Å². The number of carbonyl (C=O) groups is 3. The highest BCUT2D eigenvalue weighted by molar-refractivity contribution is 7.22. The molecule has 2 bridgehead atoms. The molecule has 2 fully saturated rings. The quantitative estimate of drug-likeness (QED) is 0.101. The van der Waals surface area contributed by atoms with Crippen LogP contribution in [0.25, 0.3) is 15.8 Å². The first kappa shape index (κ1) is 39.3. The number of ether oxygens (including phenoxy) is 1. The van der Waals surface area contributed by atoms with Gasteiger partial charge >= 0.3 is 5.97 Å². The molecule has 2 saturated carbocycles. The predicted octanol–water partition coefficient (Wildman–Crippen LogP) is 8.33. The number of nitrogens with two attached hydrogens (primary N) is 1. The Labute approximate surface area is 332 Å². The SMILES string of the molecule is CC(=O)c1nc(N2CCc3cccc(C(=O)Nc4nc5ccccc5s4)c3C2)ccc1/C(=C/N)C(C)=NCC1(C)CC2(C)CC(C)(C1)CC(C)(OCC(=O)O)C2. The van der Waals surface area contributed by atoms with Crippen LogP contribution in [0.3, 0.4) is 0 Å². The van der Waals surface area contributed by atoms with Gasteiger partial charge in [0.15, 0.2) is 10.9 Å². The number of aliphatic imine (C=N–C) groups is 1. The van der Waals surface area contributed by atoms with Gasteiger partial charge < -0.3 is 20.5 Å². The largest absolute Gasteiger partial charge is 0.480 e. The van der Waals surface area contributed by atoms with Crippen LogP contribution < -0.4 is 16.0 Å².